The normalized spacial score (nSPS) is 15.0. The molecular formula is C23H22Cl2FN5O2. The van der Waals surface area contributed by atoms with Gasteiger partial charge in [0.1, 0.15) is 5.82 Å². The van der Waals surface area contributed by atoms with Gasteiger partial charge in [0.15, 0.2) is 17.4 Å². The molecule has 1 aliphatic heterocycles. The van der Waals surface area contributed by atoms with E-state index in [0.29, 0.717) is 17.9 Å². The second kappa shape index (κ2) is 10.1. The van der Waals surface area contributed by atoms with Gasteiger partial charge < -0.3 is 9.88 Å². The van der Waals surface area contributed by atoms with Gasteiger partial charge in [-0.25, -0.2) is 14.4 Å². The minimum atomic E-state index is -0.892. The van der Waals surface area contributed by atoms with Crippen molar-refractivity contribution in [3.05, 3.63) is 80.9 Å². The fourth-order valence-corrected chi connectivity index (χ4v) is 4.00. The molecular weight excluding hydrogens is 468 g/mol. The van der Waals surface area contributed by atoms with Gasteiger partial charge in [-0.2, -0.15) is 0 Å². The highest BCUT2D eigenvalue weighted by Gasteiger charge is 2.22. The van der Waals surface area contributed by atoms with Crippen molar-refractivity contribution >= 4 is 34.8 Å². The van der Waals surface area contributed by atoms with Crippen molar-refractivity contribution in [2.75, 3.05) is 33.2 Å². The molecule has 1 N–H and O–H groups in total. The summed E-state index contributed by atoms with van der Waals surface area (Å²) in [6.07, 6.45) is 4.70. The molecule has 7 nitrogen and oxygen atoms in total. The van der Waals surface area contributed by atoms with E-state index in [2.05, 4.69) is 31.8 Å². The predicted molar refractivity (Wildman–Crippen MR) is 123 cm³/mol. The molecule has 1 aliphatic rings. The minimum absolute atomic E-state index is 0.0511. The number of aromatic nitrogens is 3. The summed E-state index contributed by atoms with van der Waals surface area (Å²) < 4.78 is 14.3. The highest BCUT2D eigenvalue weighted by Crippen LogP contribution is 2.28. The minimum Gasteiger partial charge on any atom is -0.358 e. The molecule has 0 radical (unpaired) electrons. The Hall–Kier alpha value is -2.65. The fourth-order valence-electron chi connectivity index (χ4n) is 3.61. The molecule has 1 saturated heterocycles. The number of benzene rings is 1. The standard InChI is InChI=1S/C23H22Cl2FN5O2/c1-30-4-6-31(7-5-30)13-20-28-10-14(11-29-20)8-19(32)18-9-15(12-27-18)23(33)21-16(24)2-3-17(25)22(21)26/h2-3,9-12,27H,4-8,13H2,1H3. The van der Waals surface area contributed by atoms with Crippen molar-refractivity contribution in [1.29, 1.82) is 0 Å². The number of rotatable bonds is 7. The summed E-state index contributed by atoms with van der Waals surface area (Å²) in [5.74, 6) is -1.09. The predicted octanol–water partition coefficient (Wildman–Crippen LogP) is 3.65. The summed E-state index contributed by atoms with van der Waals surface area (Å²) >= 11 is 11.8. The smallest absolute Gasteiger partial charge is 0.199 e. The van der Waals surface area contributed by atoms with Crippen LogP contribution in [0.1, 0.15) is 37.8 Å². The average molecular weight is 490 g/mol. The van der Waals surface area contributed by atoms with Crippen LogP contribution in [0, 0.1) is 5.82 Å². The Labute approximate surface area is 200 Å². The molecule has 33 heavy (non-hydrogen) atoms. The van der Waals surface area contributed by atoms with E-state index in [0.717, 1.165) is 26.2 Å². The molecule has 172 valence electrons. The van der Waals surface area contributed by atoms with Gasteiger partial charge in [-0.3, -0.25) is 14.5 Å². The maximum absolute atomic E-state index is 14.3. The first-order valence-corrected chi connectivity index (χ1v) is 11.2. The molecule has 0 aliphatic carbocycles. The first-order chi connectivity index (χ1) is 15.8. The summed E-state index contributed by atoms with van der Waals surface area (Å²) in [6, 6.07) is 4.01. The Balaban J connectivity index is 1.40. The Bertz CT molecular complexity index is 1170. The third kappa shape index (κ3) is 5.47. The molecule has 3 heterocycles. The summed E-state index contributed by atoms with van der Waals surface area (Å²) in [4.78, 5) is 41.5. The van der Waals surface area contributed by atoms with Crippen molar-refractivity contribution in [2.45, 2.75) is 13.0 Å². The number of likely N-dealkylation sites (N-methyl/N-ethyl adjacent to an activating group) is 1. The molecule has 4 rings (SSSR count). The first-order valence-electron chi connectivity index (χ1n) is 10.4. The number of carbonyl (C=O) groups excluding carboxylic acids is 2. The van der Waals surface area contributed by atoms with E-state index in [1.165, 1.54) is 24.4 Å². The lowest BCUT2D eigenvalue weighted by Gasteiger charge is -2.31. The summed E-state index contributed by atoms with van der Waals surface area (Å²) in [6.45, 7) is 4.65. The van der Waals surface area contributed by atoms with Crippen LogP contribution >= 0.6 is 23.2 Å². The number of halogens is 3. The highest BCUT2D eigenvalue weighted by molar-refractivity contribution is 6.37. The van der Waals surface area contributed by atoms with Crippen LogP contribution in [0.15, 0.2) is 36.8 Å². The topological polar surface area (TPSA) is 82.2 Å². The zero-order valence-electron chi connectivity index (χ0n) is 17.9. The number of hydrogen-bond acceptors (Lipinski definition) is 6. The molecule has 1 aromatic carbocycles. The Kier molecular flexibility index (Phi) is 7.19. The quantitative estimate of drug-likeness (QED) is 0.402. The number of ketones is 2. The Morgan fingerprint density at radius 3 is 2.45 bits per heavy atom. The molecule has 2 aromatic heterocycles. The lowest BCUT2D eigenvalue weighted by Crippen LogP contribution is -2.44. The molecule has 1 fully saturated rings. The number of hydrogen-bond donors (Lipinski definition) is 1. The van der Waals surface area contributed by atoms with Gasteiger partial charge in [-0.1, -0.05) is 23.2 Å². The van der Waals surface area contributed by atoms with E-state index in [1.54, 1.807) is 12.4 Å². The zero-order valence-corrected chi connectivity index (χ0v) is 19.5. The van der Waals surface area contributed by atoms with Crippen LogP contribution in [0.3, 0.4) is 0 Å². The number of H-pyrrole nitrogens is 1. The van der Waals surface area contributed by atoms with E-state index in [9.17, 15) is 14.0 Å². The van der Waals surface area contributed by atoms with Crippen LogP contribution in [0.25, 0.3) is 0 Å². The van der Waals surface area contributed by atoms with Gasteiger partial charge in [0.25, 0.3) is 0 Å². The average Bonchev–Trinajstić information content (AvgIpc) is 3.30. The molecule has 10 heteroatoms. The Morgan fingerprint density at radius 2 is 1.76 bits per heavy atom. The number of nitrogens with one attached hydrogen (secondary N) is 1. The molecule has 3 aromatic rings. The van der Waals surface area contributed by atoms with Crippen LogP contribution in [0.5, 0.6) is 0 Å². The third-order valence-corrected chi connectivity index (χ3v) is 6.21. The van der Waals surface area contributed by atoms with Crippen molar-refractivity contribution in [3.63, 3.8) is 0 Å². The maximum Gasteiger partial charge on any atom is 0.199 e. The number of nitrogens with zero attached hydrogens (tertiary/aromatic N) is 4. The third-order valence-electron chi connectivity index (χ3n) is 5.60. The van der Waals surface area contributed by atoms with E-state index in [4.69, 9.17) is 23.2 Å². The van der Waals surface area contributed by atoms with Crippen molar-refractivity contribution in [3.8, 4) is 0 Å². The van der Waals surface area contributed by atoms with E-state index >= 15 is 0 Å². The number of aromatic amines is 1. The monoisotopic (exact) mass is 489 g/mol. The Morgan fingerprint density at radius 1 is 1.09 bits per heavy atom. The van der Waals surface area contributed by atoms with E-state index in [1.807, 2.05) is 0 Å². The maximum atomic E-state index is 14.3. The number of piperazine rings is 1. The molecule has 0 bridgehead atoms. The lowest BCUT2D eigenvalue weighted by molar-refractivity contribution is 0.0988. The molecule has 0 spiro atoms. The van der Waals surface area contributed by atoms with Crippen molar-refractivity contribution in [1.82, 2.24) is 24.8 Å². The summed E-state index contributed by atoms with van der Waals surface area (Å²) in [5, 5.41) is -0.254. The molecule has 0 saturated carbocycles. The highest BCUT2D eigenvalue weighted by atomic mass is 35.5. The van der Waals surface area contributed by atoms with Crippen LogP contribution in [-0.4, -0.2) is 69.5 Å². The van der Waals surface area contributed by atoms with Gasteiger partial charge in [-0.15, -0.1) is 0 Å². The van der Waals surface area contributed by atoms with E-state index in [-0.39, 0.29) is 39.1 Å². The second-order valence-electron chi connectivity index (χ2n) is 8.04. The lowest BCUT2D eigenvalue weighted by atomic mass is 10.0. The van der Waals surface area contributed by atoms with Crippen molar-refractivity contribution in [2.24, 2.45) is 0 Å². The second-order valence-corrected chi connectivity index (χ2v) is 8.85. The SMILES string of the molecule is CN1CCN(Cc2ncc(CC(=O)c3cc(C(=O)c4c(Cl)ccc(Cl)c4F)c[nH]3)cn2)CC1. The molecule has 0 unspecified atom stereocenters. The summed E-state index contributed by atoms with van der Waals surface area (Å²) in [7, 11) is 2.10. The van der Waals surface area contributed by atoms with Crippen molar-refractivity contribution < 1.29 is 14.0 Å². The van der Waals surface area contributed by atoms with Crippen LogP contribution in [0.2, 0.25) is 10.0 Å². The van der Waals surface area contributed by atoms with Gasteiger partial charge >= 0.3 is 0 Å². The number of carbonyl (C=O) groups is 2. The van der Waals surface area contributed by atoms with Gasteiger partial charge in [0.05, 0.1) is 27.8 Å². The molecule has 0 amide bonds. The molecule has 0 atom stereocenters. The van der Waals surface area contributed by atoms with Crippen LogP contribution in [0.4, 0.5) is 4.39 Å². The fraction of sp³-hybridized carbons (Fsp3) is 0.304. The zero-order chi connectivity index (χ0) is 23.5. The van der Waals surface area contributed by atoms with Gasteiger partial charge in [0, 0.05) is 56.8 Å². The largest absolute Gasteiger partial charge is 0.358 e. The van der Waals surface area contributed by atoms with Crippen LogP contribution < -0.4 is 0 Å². The first kappa shape index (κ1) is 23.5. The van der Waals surface area contributed by atoms with Gasteiger partial charge in [-0.05, 0) is 30.8 Å². The van der Waals surface area contributed by atoms with Crippen LogP contribution in [-0.2, 0) is 13.0 Å². The van der Waals surface area contributed by atoms with E-state index < -0.39 is 11.6 Å². The van der Waals surface area contributed by atoms with Gasteiger partial charge in [0.2, 0.25) is 0 Å². The summed E-state index contributed by atoms with van der Waals surface area (Å²) in [5.41, 5.74) is 0.665. The number of Topliss-reactive ketones (excluding diaryl/α,β-unsaturated/α-hetero) is 1.